The van der Waals surface area contributed by atoms with E-state index in [0.717, 1.165) is 28.6 Å². The summed E-state index contributed by atoms with van der Waals surface area (Å²) in [6.07, 6.45) is 1.83. The second-order valence-corrected chi connectivity index (χ2v) is 7.02. The number of carbonyl (C=O) groups is 1. The van der Waals surface area contributed by atoms with E-state index in [-0.39, 0.29) is 0 Å². The number of hydrogen-bond acceptors (Lipinski definition) is 4. The van der Waals surface area contributed by atoms with E-state index in [9.17, 15) is 9.59 Å². The molecule has 0 atom stereocenters. The normalized spacial score (nSPS) is 10.7. The second kappa shape index (κ2) is 8.94. The third-order valence-corrected chi connectivity index (χ3v) is 3.71. The Hall–Kier alpha value is -2.95. The Labute approximate surface area is 153 Å². The average Bonchev–Trinajstić information content (AvgIpc) is 2.57. The van der Waals surface area contributed by atoms with E-state index in [0.29, 0.717) is 18.0 Å². The minimum Gasteiger partial charge on any atom is -0.443 e. The van der Waals surface area contributed by atoms with Crippen molar-refractivity contribution in [2.45, 2.75) is 6.42 Å². The van der Waals surface area contributed by atoms with Gasteiger partial charge in [-0.05, 0) is 41.8 Å². The van der Waals surface area contributed by atoms with E-state index in [1.54, 1.807) is 12.1 Å². The fraction of sp³-hybridized carbons (Fsp3) is 0.300. The van der Waals surface area contributed by atoms with Crippen LogP contribution < -0.4 is 5.32 Å². The first kappa shape index (κ1) is 19.4. The van der Waals surface area contributed by atoms with Crippen LogP contribution in [0, 0.1) is 0 Å². The van der Waals surface area contributed by atoms with Crippen molar-refractivity contribution < 1.29 is 18.8 Å². The fourth-order valence-electron chi connectivity index (χ4n) is 2.25. The van der Waals surface area contributed by atoms with Crippen LogP contribution in [0.4, 0.5) is 16.2 Å². The molecule has 26 heavy (non-hydrogen) atoms. The first-order valence-electron chi connectivity index (χ1n) is 8.36. The number of nitrogens with one attached hydrogen (secondary N) is 1. The first-order chi connectivity index (χ1) is 12.4. The van der Waals surface area contributed by atoms with Crippen LogP contribution in [0.2, 0.25) is 0 Å². The summed E-state index contributed by atoms with van der Waals surface area (Å²) in [5.74, 6) is 0. The Balaban J connectivity index is 1.85. The minimum atomic E-state index is -0.447. The Morgan fingerprint density at radius 1 is 1.04 bits per heavy atom. The van der Waals surface area contributed by atoms with E-state index >= 15 is 0 Å². The molecule has 2 rings (SSSR count). The van der Waals surface area contributed by atoms with Gasteiger partial charge in [0.15, 0.2) is 0 Å². The molecule has 0 unspecified atom stereocenters. The number of likely N-dealkylation sites (N-methyl/N-ethyl adjacent to an activating group) is 1. The summed E-state index contributed by atoms with van der Waals surface area (Å²) in [6, 6.07) is 15.0. The highest BCUT2D eigenvalue weighted by molar-refractivity contribution is 5.84. The summed E-state index contributed by atoms with van der Waals surface area (Å²) in [4.78, 5) is 25.6. The van der Waals surface area contributed by atoms with Crippen molar-refractivity contribution >= 4 is 23.5 Å². The average molecular weight is 354 g/mol. The van der Waals surface area contributed by atoms with Crippen LogP contribution in [0.5, 0.6) is 0 Å². The molecule has 0 aliphatic rings. The van der Waals surface area contributed by atoms with E-state index in [4.69, 9.17) is 4.74 Å². The van der Waals surface area contributed by atoms with Gasteiger partial charge in [-0.25, -0.2) is 9.59 Å². The van der Waals surface area contributed by atoms with Gasteiger partial charge >= 0.3 is 6.09 Å². The van der Waals surface area contributed by atoms with Gasteiger partial charge in [-0.15, -0.1) is 0 Å². The Bertz CT molecular complexity index is 771. The van der Waals surface area contributed by atoms with Gasteiger partial charge in [-0.1, -0.05) is 24.3 Å². The van der Waals surface area contributed by atoms with Crippen molar-refractivity contribution in [3.8, 4) is 0 Å². The van der Waals surface area contributed by atoms with Gasteiger partial charge in [0.2, 0.25) is 6.08 Å². The molecule has 0 spiro atoms. The molecular weight excluding hydrogens is 330 g/mol. The summed E-state index contributed by atoms with van der Waals surface area (Å²) < 4.78 is 5.92. The molecule has 1 amide bonds. The van der Waals surface area contributed by atoms with Crippen LogP contribution in [-0.4, -0.2) is 51.0 Å². The van der Waals surface area contributed by atoms with Gasteiger partial charge in [0, 0.05) is 5.69 Å². The van der Waals surface area contributed by atoms with Crippen molar-refractivity contribution in [1.82, 2.24) is 0 Å². The molecule has 0 bridgehead atoms. The highest BCUT2D eigenvalue weighted by Gasteiger charge is 2.09. The number of nitrogens with zero attached hydrogens (tertiary/aromatic N) is 2. The van der Waals surface area contributed by atoms with Crippen molar-refractivity contribution in [3.05, 3.63) is 59.7 Å². The van der Waals surface area contributed by atoms with Gasteiger partial charge in [0.25, 0.3) is 0 Å². The number of benzene rings is 2. The van der Waals surface area contributed by atoms with Gasteiger partial charge in [-0.3, -0.25) is 5.32 Å². The molecule has 0 saturated heterocycles. The van der Waals surface area contributed by atoms with Crippen LogP contribution in [0.3, 0.4) is 0 Å². The topological polar surface area (TPSA) is 67.8 Å². The molecule has 0 aliphatic heterocycles. The molecule has 6 nitrogen and oxygen atoms in total. The molecule has 1 N–H and O–H groups in total. The number of hydrogen-bond donors (Lipinski definition) is 1. The molecule has 0 heterocycles. The predicted molar refractivity (Wildman–Crippen MR) is 101 cm³/mol. The lowest BCUT2D eigenvalue weighted by Crippen LogP contribution is -2.38. The molecule has 0 aliphatic carbocycles. The maximum atomic E-state index is 11.8. The zero-order valence-electron chi connectivity index (χ0n) is 15.4. The van der Waals surface area contributed by atoms with Crippen LogP contribution in [-0.2, 0) is 16.0 Å². The molecule has 2 aromatic rings. The summed E-state index contributed by atoms with van der Waals surface area (Å²) in [6.45, 7) is 1.13. The quantitative estimate of drug-likeness (QED) is 0.470. The maximum Gasteiger partial charge on any atom is 0.411 e. The fourth-order valence-corrected chi connectivity index (χ4v) is 2.25. The summed E-state index contributed by atoms with van der Waals surface area (Å²) >= 11 is 0. The molecule has 6 heteroatoms. The smallest absolute Gasteiger partial charge is 0.411 e. The first-order valence-corrected chi connectivity index (χ1v) is 8.36. The van der Waals surface area contributed by atoms with Crippen LogP contribution in [0.1, 0.15) is 11.1 Å². The monoisotopic (exact) mass is 354 g/mol. The second-order valence-electron chi connectivity index (χ2n) is 7.02. The van der Waals surface area contributed by atoms with Gasteiger partial charge in [0.05, 0.1) is 26.8 Å². The molecule has 0 radical (unpaired) electrons. The van der Waals surface area contributed by atoms with Crippen molar-refractivity contribution in [2.75, 3.05) is 39.6 Å². The van der Waals surface area contributed by atoms with Crippen LogP contribution >= 0.6 is 0 Å². The maximum absolute atomic E-state index is 11.8. The highest BCUT2D eigenvalue weighted by atomic mass is 16.5. The van der Waals surface area contributed by atoms with E-state index < -0.39 is 6.09 Å². The number of amides is 1. The summed E-state index contributed by atoms with van der Waals surface area (Å²) in [7, 11) is 6.13. The van der Waals surface area contributed by atoms with Crippen LogP contribution in [0.15, 0.2) is 53.5 Å². The number of ether oxygens (including phenoxy) is 1. The SMILES string of the molecule is C[N+](C)(C)CCOC(=O)Nc1ccc(Cc2ccc(N=C=O)cc2)cc1. The minimum absolute atomic E-state index is 0.373. The lowest BCUT2D eigenvalue weighted by atomic mass is 10.0. The van der Waals surface area contributed by atoms with Gasteiger partial charge in [0.1, 0.15) is 13.2 Å². The Kier molecular flexibility index (Phi) is 6.67. The van der Waals surface area contributed by atoms with E-state index in [2.05, 4.69) is 10.3 Å². The summed E-state index contributed by atoms with van der Waals surface area (Å²) in [5.41, 5.74) is 3.50. The van der Waals surface area contributed by atoms with Crippen molar-refractivity contribution in [1.29, 1.82) is 0 Å². The summed E-state index contributed by atoms with van der Waals surface area (Å²) in [5, 5.41) is 2.72. The zero-order valence-corrected chi connectivity index (χ0v) is 15.4. The number of anilines is 1. The van der Waals surface area contributed by atoms with Crippen molar-refractivity contribution in [2.24, 2.45) is 4.99 Å². The molecule has 0 fully saturated rings. The predicted octanol–water partition coefficient (Wildman–Crippen LogP) is 3.50. The third-order valence-electron chi connectivity index (χ3n) is 3.71. The van der Waals surface area contributed by atoms with Gasteiger partial charge < -0.3 is 9.22 Å². The number of carbonyl (C=O) groups excluding carboxylic acids is 2. The Morgan fingerprint density at radius 3 is 2.15 bits per heavy atom. The van der Waals surface area contributed by atoms with Crippen molar-refractivity contribution in [3.63, 3.8) is 0 Å². The lowest BCUT2D eigenvalue weighted by Gasteiger charge is -2.23. The highest BCUT2D eigenvalue weighted by Crippen LogP contribution is 2.17. The standard InChI is InChI=1S/C20H23N3O3/c1-23(2,3)12-13-26-20(25)22-19-10-6-17(7-11-19)14-16-4-8-18(9-5-16)21-15-24/h4-11H,12-14H2,1-3H3/p+1. The Morgan fingerprint density at radius 2 is 1.62 bits per heavy atom. The molecule has 0 aromatic heterocycles. The van der Waals surface area contributed by atoms with Gasteiger partial charge in [-0.2, -0.15) is 4.99 Å². The third kappa shape index (κ3) is 6.89. The molecule has 0 saturated carbocycles. The number of rotatable bonds is 7. The zero-order chi connectivity index (χ0) is 19.0. The number of aliphatic imine (C=N–C) groups is 1. The van der Waals surface area contributed by atoms with E-state index in [1.165, 1.54) is 6.08 Å². The molecule has 2 aromatic carbocycles. The molecular formula is C20H24N3O3+. The number of quaternary nitrogens is 1. The van der Waals surface area contributed by atoms with Crippen LogP contribution in [0.25, 0.3) is 0 Å². The number of isocyanates is 1. The van der Waals surface area contributed by atoms with E-state index in [1.807, 2.05) is 57.5 Å². The lowest BCUT2D eigenvalue weighted by molar-refractivity contribution is -0.870. The largest absolute Gasteiger partial charge is 0.443 e. The molecule has 136 valence electrons.